The van der Waals surface area contributed by atoms with Gasteiger partial charge in [-0.1, -0.05) is 59.1 Å². The first kappa shape index (κ1) is 18.0. The van der Waals surface area contributed by atoms with E-state index in [1.54, 1.807) is 0 Å². The van der Waals surface area contributed by atoms with Crippen molar-refractivity contribution >= 4 is 0 Å². The number of unbranched alkanes of at least 4 members (excludes halogenated alkanes) is 3. The van der Waals surface area contributed by atoms with Crippen molar-refractivity contribution in [2.45, 2.75) is 58.8 Å². The molecule has 2 nitrogen and oxygen atoms in total. The SMILES string of the molecule is CCCCCCN(C)CCOc1ccc(C(C)(C)C)cc1. The number of hydrogen-bond acceptors (Lipinski definition) is 2. The van der Waals surface area contributed by atoms with Crippen LogP contribution in [0.5, 0.6) is 5.75 Å². The van der Waals surface area contributed by atoms with Crippen LogP contribution in [0.25, 0.3) is 0 Å². The van der Waals surface area contributed by atoms with Gasteiger partial charge in [-0.25, -0.2) is 0 Å². The second-order valence-corrected chi connectivity index (χ2v) is 6.99. The van der Waals surface area contributed by atoms with Gasteiger partial charge in [0, 0.05) is 6.54 Å². The zero-order chi connectivity index (χ0) is 15.7. The predicted octanol–water partition coefficient (Wildman–Crippen LogP) is 4.88. The molecule has 0 heterocycles. The van der Waals surface area contributed by atoms with E-state index in [4.69, 9.17) is 4.74 Å². The molecule has 1 aromatic rings. The molecule has 1 rings (SSSR count). The molecule has 0 aromatic heterocycles. The Morgan fingerprint density at radius 2 is 1.62 bits per heavy atom. The topological polar surface area (TPSA) is 12.5 Å². The average Bonchev–Trinajstić information content (AvgIpc) is 2.43. The first-order chi connectivity index (χ1) is 9.93. The van der Waals surface area contributed by atoms with Crippen LogP contribution in [-0.4, -0.2) is 31.6 Å². The summed E-state index contributed by atoms with van der Waals surface area (Å²) in [5, 5.41) is 0. The van der Waals surface area contributed by atoms with Gasteiger partial charge >= 0.3 is 0 Å². The van der Waals surface area contributed by atoms with E-state index in [0.717, 1.165) is 18.9 Å². The molecule has 0 saturated carbocycles. The first-order valence-corrected chi connectivity index (χ1v) is 8.35. The quantitative estimate of drug-likeness (QED) is 0.602. The Kier molecular flexibility index (Phi) is 7.81. The van der Waals surface area contributed by atoms with Crippen LogP contribution in [0.4, 0.5) is 0 Å². The van der Waals surface area contributed by atoms with Crippen molar-refractivity contribution in [1.82, 2.24) is 4.90 Å². The fourth-order valence-electron chi connectivity index (χ4n) is 2.29. The summed E-state index contributed by atoms with van der Waals surface area (Å²) in [5.74, 6) is 0.974. The van der Waals surface area contributed by atoms with Crippen molar-refractivity contribution in [3.05, 3.63) is 29.8 Å². The van der Waals surface area contributed by atoms with Gasteiger partial charge in [0.25, 0.3) is 0 Å². The Bertz CT molecular complexity index is 378. The van der Waals surface area contributed by atoms with Crippen molar-refractivity contribution in [3.8, 4) is 5.75 Å². The molecule has 0 aliphatic carbocycles. The van der Waals surface area contributed by atoms with Crippen molar-refractivity contribution in [3.63, 3.8) is 0 Å². The van der Waals surface area contributed by atoms with E-state index in [-0.39, 0.29) is 5.41 Å². The van der Waals surface area contributed by atoms with Gasteiger partial charge in [0.05, 0.1) is 0 Å². The zero-order valence-electron chi connectivity index (χ0n) is 14.6. The average molecular weight is 291 g/mol. The molecule has 0 aliphatic heterocycles. The van der Waals surface area contributed by atoms with Crippen molar-refractivity contribution < 1.29 is 4.74 Å². The van der Waals surface area contributed by atoms with Gasteiger partial charge in [0.2, 0.25) is 0 Å². The Hall–Kier alpha value is -1.02. The Morgan fingerprint density at radius 3 is 2.19 bits per heavy atom. The molecular weight excluding hydrogens is 258 g/mol. The summed E-state index contributed by atoms with van der Waals surface area (Å²) >= 11 is 0. The summed E-state index contributed by atoms with van der Waals surface area (Å²) in [4.78, 5) is 2.36. The molecule has 1 aromatic carbocycles. The number of rotatable bonds is 9. The number of likely N-dealkylation sites (N-methyl/N-ethyl adjacent to an activating group) is 1. The molecule has 21 heavy (non-hydrogen) atoms. The zero-order valence-corrected chi connectivity index (χ0v) is 14.6. The highest BCUT2D eigenvalue weighted by molar-refractivity contribution is 5.31. The van der Waals surface area contributed by atoms with E-state index in [9.17, 15) is 0 Å². The van der Waals surface area contributed by atoms with E-state index < -0.39 is 0 Å². The lowest BCUT2D eigenvalue weighted by molar-refractivity contribution is 0.234. The summed E-state index contributed by atoms with van der Waals surface area (Å²) in [6.07, 6.45) is 5.29. The van der Waals surface area contributed by atoms with Gasteiger partial charge in [-0.15, -0.1) is 0 Å². The maximum atomic E-state index is 5.83. The van der Waals surface area contributed by atoms with Gasteiger partial charge < -0.3 is 9.64 Å². The maximum Gasteiger partial charge on any atom is 0.119 e. The lowest BCUT2D eigenvalue weighted by Crippen LogP contribution is -2.25. The van der Waals surface area contributed by atoms with Crippen LogP contribution in [-0.2, 0) is 5.41 Å². The molecule has 0 saturated heterocycles. The van der Waals surface area contributed by atoms with Gasteiger partial charge in [-0.3, -0.25) is 0 Å². The van der Waals surface area contributed by atoms with E-state index in [0.29, 0.717) is 0 Å². The van der Waals surface area contributed by atoms with Crippen LogP contribution in [0.15, 0.2) is 24.3 Å². The number of hydrogen-bond donors (Lipinski definition) is 0. The fourth-order valence-corrected chi connectivity index (χ4v) is 2.29. The molecule has 120 valence electrons. The minimum atomic E-state index is 0.206. The smallest absolute Gasteiger partial charge is 0.119 e. The third-order valence-corrected chi connectivity index (χ3v) is 3.86. The molecule has 0 N–H and O–H groups in total. The molecule has 0 radical (unpaired) electrons. The van der Waals surface area contributed by atoms with Crippen molar-refractivity contribution in [2.75, 3.05) is 26.7 Å². The highest BCUT2D eigenvalue weighted by atomic mass is 16.5. The largest absolute Gasteiger partial charge is 0.492 e. The monoisotopic (exact) mass is 291 g/mol. The van der Waals surface area contributed by atoms with Gasteiger partial charge in [-0.2, -0.15) is 0 Å². The molecule has 0 bridgehead atoms. The van der Waals surface area contributed by atoms with E-state index in [1.807, 2.05) is 0 Å². The second-order valence-electron chi connectivity index (χ2n) is 6.99. The van der Waals surface area contributed by atoms with Crippen LogP contribution in [0.3, 0.4) is 0 Å². The highest BCUT2D eigenvalue weighted by Gasteiger charge is 2.12. The third kappa shape index (κ3) is 7.52. The Balaban J connectivity index is 2.23. The maximum absolute atomic E-state index is 5.83. The standard InChI is InChI=1S/C19H33NO/c1-6-7-8-9-14-20(5)15-16-21-18-12-10-17(11-13-18)19(2,3)4/h10-13H,6-9,14-16H2,1-5H3. The minimum Gasteiger partial charge on any atom is -0.492 e. The number of nitrogens with zero attached hydrogens (tertiary/aromatic N) is 1. The van der Waals surface area contributed by atoms with Crippen LogP contribution >= 0.6 is 0 Å². The lowest BCUT2D eigenvalue weighted by Gasteiger charge is -2.20. The highest BCUT2D eigenvalue weighted by Crippen LogP contribution is 2.24. The molecular formula is C19H33NO. The summed E-state index contributed by atoms with van der Waals surface area (Å²) in [5.41, 5.74) is 1.56. The molecule has 0 fully saturated rings. The first-order valence-electron chi connectivity index (χ1n) is 8.35. The summed E-state index contributed by atoms with van der Waals surface area (Å²) < 4.78 is 5.83. The fraction of sp³-hybridized carbons (Fsp3) is 0.684. The van der Waals surface area contributed by atoms with Crippen LogP contribution in [0.1, 0.15) is 58.9 Å². The van der Waals surface area contributed by atoms with Crippen molar-refractivity contribution in [1.29, 1.82) is 0 Å². The molecule has 0 amide bonds. The molecule has 0 spiro atoms. The van der Waals surface area contributed by atoms with Gasteiger partial charge in [-0.05, 0) is 43.1 Å². The van der Waals surface area contributed by atoms with Crippen molar-refractivity contribution in [2.24, 2.45) is 0 Å². The van der Waals surface area contributed by atoms with Crippen LogP contribution < -0.4 is 4.74 Å². The molecule has 0 atom stereocenters. The molecule has 0 unspecified atom stereocenters. The predicted molar refractivity (Wildman–Crippen MR) is 92.3 cm³/mol. The summed E-state index contributed by atoms with van der Waals surface area (Å²) in [6.45, 7) is 11.9. The number of benzene rings is 1. The Morgan fingerprint density at radius 1 is 0.952 bits per heavy atom. The number of ether oxygens (including phenoxy) is 1. The van der Waals surface area contributed by atoms with Crippen LogP contribution in [0, 0.1) is 0 Å². The second kappa shape index (κ2) is 9.09. The molecule has 2 heteroatoms. The van der Waals surface area contributed by atoms with E-state index in [1.165, 1.54) is 37.8 Å². The Labute approximate surface area is 131 Å². The van der Waals surface area contributed by atoms with Crippen LogP contribution in [0.2, 0.25) is 0 Å². The van der Waals surface area contributed by atoms with E-state index >= 15 is 0 Å². The summed E-state index contributed by atoms with van der Waals surface area (Å²) in [6, 6.07) is 8.51. The third-order valence-electron chi connectivity index (χ3n) is 3.86. The van der Waals surface area contributed by atoms with Gasteiger partial charge in [0.1, 0.15) is 12.4 Å². The van der Waals surface area contributed by atoms with Gasteiger partial charge in [0.15, 0.2) is 0 Å². The lowest BCUT2D eigenvalue weighted by atomic mass is 9.87. The normalized spacial score (nSPS) is 11.9. The minimum absolute atomic E-state index is 0.206. The van der Waals surface area contributed by atoms with E-state index in [2.05, 4.69) is 63.9 Å². The molecule has 0 aliphatic rings. The summed E-state index contributed by atoms with van der Waals surface area (Å²) in [7, 11) is 2.18.